The van der Waals surface area contributed by atoms with Gasteiger partial charge in [0.2, 0.25) is 0 Å². The molecule has 0 saturated heterocycles. The number of benzene rings is 2. The van der Waals surface area contributed by atoms with Gasteiger partial charge in [-0.05, 0) is 49.7 Å². The molecule has 0 aliphatic rings. The van der Waals surface area contributed by atoms with Gasteiger partial charge in [-0.15, -0.1) is 16.4 Å². The fourth-order valence-corrected chi connectivity index (χ4v) is 3.54. The highest BCUT2D eigenvalue weighted by atomic mass is 32.1. The average Bonchev–Trinajstić information content (AvgIpc) is 3.25. The van der Waals surface area contributed by atoms with Crippen molar-refractivity contribution >= 4 is 17.2 Å². The van der Waals surface area contributed by atoms with Crippen LogP contribution in [-0.2, 0) is 0 Å². The Labute approximate surface area is 153 Å². The van der Waals surface area contributed by atoms with Gasteiger partial charge < -0.3 is 5.73 Å². The molecular formula is C19H16FN5S. The molecule has 4 rings (SSSR count). The molecule has 0 fully saturated rings. The maximum atomic E-state index is 13.1. The van der Waals surface area contributed by atoms with Crippen molar-refractivity contribution < 1.29 is 4.39 Å². The minimum atomic E-state index is -0.314. The van der Waals surface area contributed by atoms with E-state index in [0.717, 1.165) is 16.8 Å². The molecule has 2 N–H and O–H groups in total. The number of nitrogens with zero attached hydrogens (tertiary/aromatic N) is 4. The lowest BCUT2D eigenvalue weighted by molar-refractivity contribution is 0.627. The first-order valence-electron chi connectivity index (χ1n) is 8.03. The largest absolute Gasteiger partial charge is 0.382 e. The highest BCUT2D eigenvalue weighted by Gasteiger charge is 2.17. The summed E-state index contributed by atoms with van der Waals surface area (Å²) in [4.78, 5) is 4.70. The molecule has 2 aromatic carbocycles. The van der Waals surface area contributed by atoms with Crippen LogP contribution < -0.4 is 5.73 Å². The molecular weight excluding hydrogens is 349 g/mol. The summed E-state index contributed by atoms with van der Waals surface area (Å²) in [6, 6.07) is 12.2. The minimum absolute atomic E-state index is 0.314. The van der Waals surface area contributed by atoms with E-state index in [9.17, 15) is 4.39 Å². The first-order valence-corrected chi connectivity index (χ1v) is 8.91. The second-order valence-electron chi connectivity index (χ2n) is 6.07. The van der Waals surface area contributed by atoms with Crippen molar-refractivity contribution in [3.05, 3.63) is 64.8 Å². The molecule has 0 aliphatic heterocycles. The summed E-state index contributed by atoms with van der Waals surface area (Å²) in [6.07, 6.45) is 0. The van der Waals surface area contributed by atoms with Gasteiger partial charge in [0.05, 0.1) is 11.4 Å². The Hall–Kier alpha value is -3.06. The molecule has 0 bridgehead atoms. The summed E-state index contributed by atoms with van der Waals surface area (Å²) in [7, 11) is 0. The molecule has 26 heavy (non-hydrogen) atoms. The molecule has 2 heterocycles. The van der Waals surface area contributed by atoms with Crippen molar-refractivity contribution in [3.8, 4) is 27.6 Å². The Bertz CT molecular complexity index is 1080. The number of hydrogen-bond acceptors (Lipinski definition) is 5. The van der Waals surface area contributed by atoms with Gasteiger partial charge in [-0.25, -0.2) is 9.37 Å². The van der Waals surface area contributed by atoms with Crippen LogP contribution in [0.3, 0.4) is 0 Å². The minimum Gasteiger partial charge on any atom is -0.382 e. The van der Waals surface area contributed by atoms with E-state index in [2.05, 4.69) is 42.4 Å². The molecule has 0 atom stereocenters. The third-order valence-corrected chi connectivity index (χ3v) is 5.00. The fraction of sp³-hybridized carbons (Fsp3) is 0.105. The van der Waals surface area contributed by atoms with Crippen molar-refractivity contribution in [1.29, 1.82) is 0 Å². The Morgan fingerprint density at radius 1 is 1.08 bits per heavy atom. The second-order valence-corrected chi connectivity index (χ2v) is 6.93. The molecule has 0 unspecified atom stereocenters. The zero-order chi connectivity index (χ0) is 18.3. The number of hydrogen-bond donors (Lipinski definition) is 1. The molecule has 2 aromatic heterocycles. The van der Waals surface area contributed by atoms with Crippen LogP contribution in [0.1, 0.15) is 11.1 Å². The van der Waals surface area contributed by atoms with Crippen LogP contribution in [0, 0.1) is 19.7 Å². The van der Waals surface area contributed by atoms with Crippen molar-refractivity contribution in [2.45, 2.75) is 13.8 Å². The first-order chi connectivity index (χ1) is 12.5. The van der Waals surface area contributed by atoms with E-state index in [1.165, 1.54) is 33.7 Å². The summed E-state index contributed by atoms with van der Waals surface area (Å²) in [5.74, 6) is 0.0595. The average molecular weight is 365 g/mol. The fourth-order valence-electron chi connectivity index (χ4n) is 2.73. The third-order valence-electron chi connectivity index (χ3n) is 4.15. The van der Waals surface area contributed by atoms with Gasteiger partial charge in [-0.3, -0.25) is 0 Å². The maximum absolute atomic E-state index is 13.1. The Morgan fingerprint density at radius 3 is 2.62 bits per heavy atom. The lowest BCUT2D eigenvalue weighted by Crippen LogP contribution is -2.02. The van der Waals surface area contributed by atoms with E-state index in [0.29, 0.717) is 22.2 Å². The molecule has 0 spiro atoms. The number of aromatic nitrogens is 4. The number of anilines is 1. The van der Waals surface area contributed by atoms with Gasteiger partial charge in [0.1, 0.15) is 10.8 Å². The van der Waals surface area contributed by atoms with Crippen LogP contribution >= 0.6 is 11.3 Å². The molecule has 130 valence electrons. The second kappa shape index (κ2) is 6.34. The number of halogens is 1. The van der Waals surface area contributed by atoms with Crippen LogP contribution in [0.25, 0.3) is 27.6 Å². The molecule has 0 amide bonds. The smallest absolute Gasteiger partial charge is 0.165 e. The number of nitrogen functional groups attached to an aromatic ring is 1. The summed E-state index contributed by atoms with van der Waals surface area (Å²) >= 11 is 1.47. The summed E-state index contributed by atoms with van der Waals surface area (Å²) in [5.41, 5.74) is 11.7. The third kappa shape index (κ3) is 2.86. The Balaban J connectivity index is 1.73. The van der Waals surface area contributed by atoms with Gasteiger partial charge >= 0.3 is 0 Å². The van der Waals surface area contributed by atoms with Crippen molar-refractivity contribution in [2.24, 2.45) is 0 Å². The molecule has 5 nitrogen and oxygen atoms in total. The van der Waals surface area contributed by atoms with Gasteiger partial charge in [-0.1, -0.05) is 22.9 Å². The Kier molecular flexibility index (Phi) is 4.00. The topological polar surface area (TPSA) is 69.6 Å². The summed E-state index contributed by atoms with van der Waals surface area (Å²) < 4.78 is 14.6. The highest BCUT2D eigenvalue weighted by Crippen LogP contribution is 2.33. The van der Waals surface area contributed by atoms with Crippen LogP contribution in [0.15, 0.2) is 47.8 Å². The molecule has 0 aliphatic carbocycles. The van der Waals surface area contributed by atoms with Crippen molar-refractivity contribution in [3.63, 3.8) is 0 Å². The number of rotatable bonds is 3. The summed E-state index contributed by atoms with van der Waals surface area (Å²) in [6.45, 7) is 4.12. The van der Waals surface area contributed by atoms with Crippen LogP contribution in [0.2, 0.25) is 0 Å². The van der Waals surface area contributed by atoms with E-state index < -0.39 is 0 Å². The van der Waals surface area contributed by atoms with E-state index in [1.807, 2.05) is 5.38 Å². The van der Waals surface area contributed by atoms with E-state index in [1.54, 1.807) is 12.1 Å². The van der Waals surface area contributed by atoms with E-state index in [4.69, 9.17) is 10.7 Å². The van der Waals surface area contributed by atoms with E-state index >= 15 is 0 Å². The monoisotopic (exact) mass is 365 g/mol. The number of nitrogens with two attached hydrogens (primary N) is 1. The number of thiazole rings is 1. The molecule has 7 heteroatoms. The Morgan fingerprint density at radius 2 is 1.85 bits per heavy atom. The van der Waals surface area contributed by atoms with Crippen molar-refractivity contribution in [2.75, 3.05) is 5.73 Å². The maximum Gasteiger partial charge on any atom is 0.165 e. The van der Waals surface area contributed by atoms with Crippen LogP contribution in [-0.4, -0.2) is 20.0 Å². The lowest BCUT2D eigenvalue weighted by Gasteiger charge is -2.04. The number of aryl methyl sites for hydroxylation is 2. The summed E-state index contributed by atoms with van der Waals surface area (Å²) in [5, 5.41) is 11.0. The predicted molar refractivity (Wildman–Crippen MR) is 102 cm³/mol. The van der Waals surface area contributed by atoms with Crippen LogP contribution in [0.4, 0.5) is 10.2 Å². The molecule has 0 saturated carbocycles. The predicted octanol–water partition coefficient (Wildman–Crippen LogP) is 4.40. The van der Waals surface area contributed by atoms with Gasteiger partial charge in [0.15, 0.2) is 11.5 Å². The van der Waals surface area contributed by atoms with Gasteiger partial charge in [-0.2, -0.15) is 4.68 Å². The first kappa shape index (κ1) is 16.4. The zero-order valence-corrected chi connectivity index (χ0v) is 15.1. The standard InChI is InChI=1S/C19H16FN5S/c1-11-3-4-12(2)15(9-11)16-10-26-19(22-16)17-18(21)25(24-23-17)14-7-5-13(20)6-8-14/h3-10H,21H2,1-2H3. The normalized spacial score (nSPS) is 11.0. The van der Waals surface area contributed by atoms with Crippen molar-refractivity contribution in [1.82, 2.24) is 20.0 Å². The van der Waals surface area contributed by atoms with Gasteiger partial charge in [0, 0.05) is 10.9 Å². The SMILES string of the molecule is Cc1ccc(C)c(-c2csc(-c3nnn(-c4ccc(F)cc4)c3N)n2)c1. The van der Waals surface area contributed by atoms with Gasteiger partial charge in [0.25, 0.3) is 0 Å². The zero-order valence-electron chi connectivity index (χ0n) is 14.3. The highest BCUT2D eigenvalue weighted by molar-refractivity contribution is 7.13. The lowest BCUT2D eigenvalue weighted by atomic mass is 10.0. The van der Waals surface area contributed by atoms with Crippen LogP contribution in [0.5, 0.6) is 0 Å². The molecule has 0 radical (unpaired) electrons. The molecule has 4 aromatic rings. The van der Waals surface area contributed by atoms with E-state index in [-0.39, 0.29) is 5.82 Å². The quantitative estimate of drug-likeness (QED) is 0.584.